The molecule has 1 saturated carbocycles. The zero-order valence-electron chi connectivity index (χ0n) is 13.8. The molecule has 6 heteroatoms. The lowest BCUT2D eigenvalue weighted by Crippen LogP contribution is -2.49. The highest BCUT2D eigenvalue weighted by Crippen LogP contribution is 2.33. The van der Waals surface area contributed by atoms with Crippen molar-refractivity contribution in [2.24, 2.45) is 0 Å². The van der Waals surface area contributed by atoms with E-state index in [1.165, 1.54) is 0 Å². The molecule has 3 rings (SSSR count). The van der Waals surface area contributed by atoms with Crippen molar-refractivity contribution in [2.45, 2.75) is 69.7 Å². The van der Waals surface area contributed by atoms with Gasteiger partial charge in [-0.25, -0.2) is 0 Å². The van der Waals surface area contributed by atoms with Gasteiger partial charge in [-0.15, -0.1) is 0 Å². The zero-order valence-corrected chi connectivity index (χ0v) is 13.8. The van der Waals surface area contributed by atoms with Gasteiger partial charge in [-0.05, 0) is 50.2 Å². The number of H-pyrrole nitrogens is 1. The van der Waals surface area contributed by atoms with E-state index >= 15 is 0 Å². The molecule has 0 saturated heterocycles. The molecule has 0 radical (unpaired) electrons. The number of amides is 1. The highest BCUT2D eigenvalue weighted by molar-refractivity contribution is 5.95. The van der Waals surface area contributed by atoms with Gasteiger partial charge in [0, 0.05) is 5.69 Å². The third-order valence-electron chi connectivity index (χ3n) is 5.26. The second-order valence-electron chi connectivity index (χ2n) is 7.09. The average molecular weight is 332 g/mol. The summed E-state index contributed by atoms with van der Waals surface area (Å²) >= 11 is 0. The van der Waals surface area contributed by atoms with Gasteiger partial charge in [0.1, 0.15) is 5.56 Å². The Morgan fingerprint density at radius 3 is 2.54 bits per heavy atom. The van der Waals surface area contributed by atoms with E-state index in [9.17, 15) is 14.4 Å². The highest BCUT2D eigenvalue weighted by Gasteiger charge is 2.38. The summed E-state index contributed by atoms with van der Waals surface area (Å²) in [6.07, 6.45) is 7.94. The Morgan fingerprint density at radius 2 is 1.83 bits per heavy atom. The molecule has 0 aromatic carbocycles. The van der Waals surface area contributed by atoms with Gasteiger partial charge in [0.2, 0.25) is 0 Å². The number of rotatable bonds is 4. The summed E-state index contributed by atoms with van der Waals surface area (Å²) in [5.41, 5.74) is 0.984. The van der Waals surface area contributed by atoms with E-state index in [-0.39, 0.29) is 17.5 Å². The van der Waals surface area contributed by atoms with E-state index in [0.717, 1.165) is 56.2 Å². The standard InChI is InChI=1S/C18H24N2O4/c21-15(22)11-18(8-4-5-9-18)20-17(24)13-10-12-6-2-1-3-7-14(12)19-16(13)23/h10H,1-9,11H2,(H,19,23)(H,20,24)(H,21,22). The number of fused-ring (bicyclic) bond motifs is 1. The fraction of sp³-hybridized carbons (Fsp3) is 0.611. The first-order valence-electron chi connectivity index (χ1n) is 8.78. The Hall–Kier alpha value is -2.11. The Balaban J connectivity index is 1.85. The fourth-order valence-corrected chi connectivity index (χ4v) is 4.02. The van der Waals surface area contributed by atoms with Crippen molar-refractivity contribution in [3.63, 3.8) is 0 Å². The summed E-state index contributed by atoms with van der Waals surface area (Å²) in [6, 6.07) is 1.71. The van der Waals surface area contributed by atoms with E-state index in [1.54, 1.807) is 6.07 Å². The Kier molecular flexibility index (Phi) is 4.73. The molecule has 0 spiro atoms. The first kappa shape index (κ1) is 16.7. The van der Waals surface area contributed by atoms with Gasteiger partial charge >= 0.3 is 5.97 Å². The van der Waals surface area contributed by atoms with E-state index < -0.39 is 17.4 Å². The topological polar surface area (TPSA) is 99.3 Å². The molecule has 2 aliphatic rings. The Bertz CT molecular complexity index is 701. The van der Waals surface area contributed by atoms with Crippen LogP contribution in [0.5, 0.6) is 0 Å². The molecular formula is C18H24N2O4. The number of carboxylic acid groups (broad SMARTS) is 1. The molecule has 0 atom stereocenters. The molecular weight excluding hydrogens is 308 g/mol. The lowest BCUT2D eigenvalue weighted by molar-refractivity contribution is -0.138. The summed E-state index contributed by atoms with van der Waals surface area (Å²) in [5, 5.41) is 12.0. The largest absolute Gasteiger partial charge is 0.481 e. The quantitative estimate of drug-likeness (QED) is 0.736. The molecule has 6 nitrogen and oxygen atoms in total. The van der Waals surface area contributed by atoms with Crippen LogP contribution in [0.1, 0.15) is 73.0 Å². The number of aliphatic carboxylic acids is 1. The number of nitrogens with one attached hydrogen (secondary N) is 2. The molecule has 1 heterocycles. The molecule has 2 aliphatic carbocycles. The number of carbonyl (C=O) groups is 2. The van der Waals surface area contributed by atoms with Gasteiger partial charge in [-0.3, -0.25) is 14.4 Å². The van der Waals surface area contributed by atoms with Crippen LogP contribution in [0.3, 0.4) is 0 Å². The summed E-state index contributed by atoms with van der Waals surface area (Å²) in [5.74, 6) is -1.38. The minimum Gasteiger partial charge on any atom is -0.481 e. The van der Waals surface area contributed by atoms with Crippen molar-refractivity contribution >= 4 is 11.9 Å². The van der Waals surface area contributed by atoms with Crippen molar-refractivity contribution < 1.29 is 14.7 Å². The molecule has 1 aromatic heterocycles. The van der Waals surface area contributed by atoms with Gasteiger partial charge < -0.3 is 15.4 Å². The number of carboxylic acids is 1. The normalized spacial score (nSPS) is 19.3. The van der Waals surface area contributed by atoms with Crippen LogP contribution in [0.25, 0.3) is 0 Å². The molecule has 1 amide bonds. The molecule has 130 valence electrons. The third kappa shape index (κ3) is 3.52. The van der Waals surface area contributed by atoms with Gasteiger partial charge in [0.05, 0.1) is 12.0 Å². The second-order valence-corrected chi connectivity index (χ2v) is 7.09. The molecule has 0 unspecified atom stereocenters. The highest BCUT2D eigenvalue weighted by atomic mass is 16.4. The van der Waals surface area contributed by atoms with Gasteiger partial charge in [-0.1, -0.05) is 19.3 Å². The number of carbonyl (C=O) groups excluding carboxylic acids is 1. The SMILES string of the molecule is O=C(O)CC1(NC(=O)c2cc3c([nH]c2=O)CCCCC3)CCCC1. The zero-order chi connectivity index (χ0) is 17.2. The third-order valence-corrected chi connectivity index (χ3v) is 5.26. The molecule has 1 fully saturated rings. The number of aromatic nitrogens is 1. The molecule has 0 bridgehead atoms. The van der Waals surface area contributed by atoms with Crippen molar-refractivity contribution in [3.8, 4) is 0 Å². The fourth-order valence-electron chi connectivity index (χ4n) is 4.02. The number of hydrogen-bond acceptors (Lipinski definition) is 3. The molecule has 0 aliphatic heterocycles. The van der Waals surface area contributed by atoms with Crippen LogP contribution < -0.4 is 10.9 Å². The van der Waals surface area contributed by atoms with Crippen molar-refractivity contribution in [2.75, 3.05) is 0 Å². The molecule has 1 aromatic rings. The van der Waals surface area contributed by atoms with Gasteiger partial charge in [-0.2, -0.15) is 0 Å². The Morgan fingerprint density at radius 1 is 1.12 bits per heavy atom. The van der Waals surface area contributed by atoms with Crippen molar-refractivity contribution in [1.29, 1.82) is 0 Å². The maximum atomic E-state index is 12.7. The van der Waals surface area contributed by atoms with E-state index in [2.05, 4.69) is 10.3 Å². The first-order valence-corrected chi connectivity index (χ1v) is 8.78. The van der Waals surface area contributed by atoms with Crippen LogP contribution in [-0.2, 0) is 17.6 Å². The summed E-state index contributed by atoms with van der Waals surface area (Å²) in [4.78, 5) is 39.0. The second kappa shape index (κ2) is 6.79. The number of hydrogen-bond donors (Lipinski definition) is 3. The van der Waals surface area contributed by atoms with Crippen LogP contribution in [0.4, 0.5) is 0 Å². The minimum absolute atomic E-state index is 0.0956. The van der Waals surface area contributed by atoms with E-state index in [4.69, 9.17) is 5.11 Å². The van der Waals surface area contributed by atoms with Crippen LogP contribution in [0.2, 0.25) is 0 Å². The summed E-state index contributed by atoms with van der Waals surface area (Å²) in [6.45, 7) is 0. The number of aromatic amines is 1. The van der Waals surface area contributed by atoms with Crippen LogP contribution in [0, 0.1) is 0 Å². The van der Waals surface area contributed by atoms with Crippen molar-refractivity contribution in [1.82, 2.24) is 10.3 Å². The van der Waals surface area contributed by atoms with Crippen LogP contribution >= 0.6 is 0 Å². The first-order chi connectivity index (χ1) is 11.5. The van der Waals surface area contributed by atoms with Crippen LogP contribution in [-0.4, -0.2) is 27.5 Å². The lowest BCUT2D eigenvalue weighted by Gasteiger charge is -2.28. The molecule has 3 N–H and O–H groups in total. The van der Waals surface area contributed by atoms with Gasteiger partial charge in [0.15, 0.2) is 0 Å². The summed E-state index contributed by atoms with van der Waals surface area (Å²) in [7, 11) is 0. The smallest absolute Gasteiger partial charge is 0.305 e. The predicted molar refractivity (Wildman–Crippen MR) is 89.2 cm³/mol. The number of aryl methyl sites for hydroxylation is 2. The van der Waals surface area contributed by atoms with E-state index in [1.807, 2.05) is 0 Å². The number of pyridine rings is 1. The summed E-state index contributed by atoms with van der Waals surface area (Å²) < 4.78 is 0. The molecule has 24 heavy (non-hydrogen) atoms. The predicted octanol–water partition coefficient (Wildman–Crippen LogP) is 2.16. The Labute approximate surface area is 140 Å². The lowest BCUT2D eigenvalue weighted by atomic mass is 9.92. The monoisotopic (exact) mass is 332 g/mol. The minimum atomic E-state index is -0.923. The van der Waals surface area contributed by atoms with Crippen LogP contribution in [0.15, 0.2) is 10.9 Å². The average Bonchev–Trinajstić information content (AvgIpc) is 2.83. The van der Waals surface area contributed by atoms with Gasteiger partial charge in [0.25, 0.3) is 11.5 Å². The maximum Gasteiger partial charge on any atom is 0.305 e. The maximum absolute atomic E-state index is 12.7. The van der Waals surface area contributed by atoms with E-state index in [0.29, 0.717) is 12.8 Å². The van der Waals surface area contributed by atoms with Crippen molar-refractivity contribution in [3.05, 3.63) is 33.2 Å².